The molecule has 0 aliphatic rings. The Morgan fingerprint density at radius 3 is 2.95 bits per heavy atom. The summed E-state index contributed by atoms with van der Waals surface area (Å²) < 4.78 is 13.9. The fraction of sp³-hybridized carbons (Fsp3) is 0.167. The highest BCUT2D eigenvalue weighted by molar-refractivity contribution is 9.10. The monoisotopic (exact) mass is 344 g/mol. The van der Waals surface area contributed by atoms with Crippen molar-refractivity contribution in [2.45, 2.75) is 13.1 Å². The van der Waals surface area contributed by atoms with Crippen LogP contribution in [0.2, 0.25) is 0 Å². The van der Waals surface area contributed by atoms with Crippen molar-refractivity contribution < 1.29 is 14.3 Å². The summed E-state index contributed by atoms with van der Waals surface area (Å²) in [5, 5.41) is 13.6. The number of carboxylic acids is 1. The number of nitrogens with one attached hydrogen (secondary N) is 1. The second-order valence-electron chi connectivity index (χ2n) is 3.79. The number of halogens is 2. The van der Waals surface area contributed by atoms with Crippen molar-refractivity contribution in [3.8, 4) is 0 Å². The Hall–Kier alpha value is -1.31. The van der Waals surface area contributed by atoms with Crippen LogP contribution >= 0.6 is 27.3 Å². The summed E-state index contributed by atoms with van der Waals surface area (Å²) in [6.07, 6.45) is 0. The van der Waals surface area contributed by atoms with Crippen molar-refractivity contribution in [1.29, 1.82) is 0 Å². The third-order valence-electron chi connectivity index (χ3n) is 2.36. The van der Waals surface area contributed by atoms with E-state index in [1.807, 2.05) is 0 Å². The summed E-state index contributed by atoms with van der Waals surface area (Å²) in [6, 6.07) is 4.48. The quantitative estimate of drug-likeness (QED) is 0.875. The molecule has 0 aliphatic carbocycles. The highest BCUT2D eigenvalue weighted by Crippen LogP contribution is 2.17. The van der Waals surface area contributed by atoms with Gasteiger partial charge in [-0.05, 0) is 23.8 Å². The van der Waals surface area contributed by atoms with E-state index in [4.69, 9.17) is 5.11 Å². The second kappa shape index (κ2) is 6.23. The van der Waals surface area contributed by atoms with Gasteiger partial charge in [-0.3, -0.25) is 0 Å². The molecule has 7 heteroatoms. The van der Waals surface area contributed by atoms with Crippen LogP contribution in [0.25, 0.3) is 0 Å². The number of nitrogens with zero attached hydrogens (tertiary/aromatic N) is 1. The highest BCUT2D eigenvalue weighted by Gasteiger charge is 2.08. The lowest BCUT2D eigenvalue weighted by Crippen LogP contribution is -2.13. The fourth-order valence-electron chi connectivity index (χ4n) is 1.49. The molecule has 2 aromatic rings. The average molecular weight is 345 g/mol. The lowest BCUT2D eigenvalue weighted by atomic mass is 10.2. The number of carbonyl (C=O) groups is 1. The Labute approximate surface area is 121 Å². The van der Waals surface area contributed by atoms with E-state index in [1.165, 1.54) is 12.1 Å². The SMILES string of the molecule is O=C(O)c1nc(CNCc2cc(F)ccc2Br)cs1. The molecule has 100 valence electrons. The van der Waals surface area contributed by atoms with Crippen LogP contribution in [-0.2, 0) is 13.1 Å². The first-order valence-electron chi connectivity index (χ1n) is 5.38. The fourth-order valence-corrected chi connectivity index (χ4v) is 2.53. The number of thiazole rings is 1. The van der Waals surface area contributed by atoms with Gasteiger partial charge in [-0.2, -0.15) is 0 Å². The second-order valence-corrected chi connectivity index (χ2v) is 5.50. The van der Waals surface area contributed by atoms with Gasteiger partial charge in [0.1, 0.15) is 5.82 Å². The van der Waals surface area contributed by atoms with E-state index >= 15 is 0 Å². The maximum absolute atomic E-state index is 13.1. The van der Waals surface area contributed by atoms with Gasteiger partial charge < -0.3 is 10.4 Å². The zero-order valence-electron chi connectivity index (χ0n) is 9.69. The normalized spacial score (nSPS) is 10.6. The van der Waals surface area contributed by atoms with Crippen molar-refractivity contribution in [1.82, 2.24) is 10.3 Å². The summed E-state index contributed by atoms with van der Waals surface area (Å²) >= 11 is 4.43. The van der Waals surface area contributed by atoms with Gasteiger partial charge in [0.2, 0.25) is 5.01 Å². The number of aromatic carboxylic acids is 1. The van der Waals surface area contributed by atoms with E-state index in [9.17, 15) is 9.18 Å². The smallest absolute Gasteiger partial charge is 0.365 e. The van der Waals surface area contributed by atoms with Gasteiger partial charge in [-0.15, -0.1) is 11.3 Å². The molecule has 0 unspecified atom stereocenters. The summed E-state index contributed by atoms with van der Waals surface area (Å²) in [5.74, 6) is -1.31. The lowest BCUT2D eigenvalue weighted by Gasteiger charge is -2.05. The predicted molar refractivity (Wildman–Crippen MR) is 73.7 cm³/mol. The van der Waals surface area contributed by atoms with Crippen LogP contribution in [0, 0.1) is 5.82 Å². The Bertz CT molecular complexity index is 603. The summed E-state index contributed by atoms with van der Waals surface area (Å²) in [5.41, 5.74) is 1.46. The Morgan fingerprint density at radius 2 is 2.26 bits per heavy atom. The molecule has 2 rings (SSSR count). The Kier molecular flexibility index (Phi) is 4.62. The van der Waals surface area contributed by atoms with E-state index < -0.39 is 5.97 Å². The summed E-state index contributed by atoms with van der Waals surface area (Å²) in [7, 11) is 0. The molecule has 1 aromatic carbocycles. The van der Waals surface area contributed by atoms with Crippen LogP contribution in [0.5, 0.6) is 0 Å². The van der Waals surface area contributed by atoms with Gasteiger partial charge in [0, 0.05) is 22.9 Å². The number of hydrogen-bond acceptors (Lipinski definition) is 4. The van der Waals surface area contributed by atoms with Crippen molar-refractivity contribution in [2.24, 2.45) is 0 Å². The van der Waals surface area contributed by atoms with Crippen LogP contribution in [0.3, 0.4) is 0 Å². The predicted octanol–water partition coefficient (Wildman–Crippen LogP) is 3.03. The van der Waals surface area contributed by atoms with Gasteiger partial charge >= 0.3 is 5.97 Å². The van der Waals surface area contributed by atoms with E-state index in [0.717, 1.165) is 21.4 Å². The molecule has 2 N–H and O–H groups in total. The van der Waals surface area contributed by atoms with Crippen LogP contribution in [0.1, 0.15) is 21.1 Å². The number of rotatable bonds is 5. The average Bonchev–Trinajstić information content (AvgIpc) is 2.82. The van der Waals surface area contributed by atoms with Gasteiger partial charge in [-0.1, -0.05) is 15.9 Å². The van der Waals surface area contributed by atoms with Gasteiger partial charge in [0.05, 0.1) is 5.69 Å². The zero-order chi connectivity index (χ0) is 13.8. The number of aromatic nitrogens is 1. The molecular weight excluding hydrogens is 335 g/mol. The van der Waals surface area contributed by atoms with Gasteiger partial charge in [-0.25, -0.2) is 14.2 Å². The maximum Gasteiger partial charge on any atom is 0.365 e. The summed E-state index contributed by atoms with van der Waals surface area (Å²) in [4.78, 5) is 14.6. The molecule has 0 bridgehead atoms. The van der Waals surface area contributed by atoms with Crippen molar-refractivity contribution in [2.75, 3.05) is 0 Å². The number of benzene rings is 1. The van der Waals surface area contributed by atoms with Crippen LogP contribution in [0.4, 0.5) is 4.39 Å². The van der Waals surface area contributed by atoms with E-state index in [0.29, 0.717) is 18.8 Å². The first kappa shape index (κ1) is 14.1. The van der Waals surface area contributed by atoms with Crippen molar-refractivity contribution in [3.05, 3.63) is 50.1 Å². The summed E-state index contributed by atoms with van der Waals surface area (Å²) in [6.45, 7) is 0.908. The third kappa shape index (κ3) is 3.82. The van der Waals surface area contributed by atoms with E-state index in [2.05, 4.69) is 26.2 Å². The molecule has 19 heavy (non-hydrogen) atoms. The molecule has 0 aliphatic heterocycles. The Balaban J connectivity index is 1.92. The van der Waals surface area contributed by atoms with Crippen molar-refractivity contribution in [3.63, 3.8) is 0 Å². The molecule has 0 spiro atoms. The molecule has 0 saturated carbocycles. The molecule has 1 heterocycles. The first-order valence-corrected chi connectivity index (χ1v) is 7.06. The molecule has 0 fully saturated rings. The molecular formula is C12H10BrFN2O2S. The minimum atomic E-state index is -1.02. The zero-order valence-corrected chi connectivity index (χ0v) is 12.1. The number of hydrogen-bond donors (Lipinski definition) is 2. The minimum Gasteiger partial charge on any atom is -0.476 e. The molecule has 0 saturated heterocycles. The third-order valence-corrected chi connectivity index (χ3v) is 4.02. The van der Waals surface area contributed by atoms with E-state index in [1.54, 1.807) is 11.4 Å². The topological polar surface area (TPSA) is 62.2 Å². The molecule has 1 aromatic heterocycles. The minimum absolute atomic E-state index is 0.0729. The standard InChI is InChI=1S/C12H10BrFN2O2S/c13-10-2-1-8(14)3-7(10)4-15-5-9-6-19-11(16-9)12(17)18/h1-3,6,15H,4-5H2,(H,17,18). The number of carboxylic acid groups (broad SMARTS) is 1. The van der Waals surface area contributed by atoms with Crippen LogP contribution < -0.4 is 5.32 Å². The molecule has 0 amide bonds. The molecule has 0 atom stereocenters. The largest absolute Gasteiger partial charge is 0.476 e. The van der Waals surface area contributed by atoms with Crippen LogP contribution in [0.15, 0.2) is 28.1 Å². The lowest BCUT2D eigenvalue weighted by molar-refractivity contribution is 0.0696. The van der Waals surface area contributed by atoms with Gasteiger partial charge in [0.25, 0.3) is 0 Å². The Morgan fingerprint density at radius 1 is 1.47 bits per heavy atom. The van der Waals surface area contributed by atoms with Gasteiger partial charge in [0.15, 0.2) is 0 Å². The highest BCUT2D eigenvalue weighted by atomic mass is 79.9. The van der Waals surface area contributed by atoms with Crippen LogP contribution in [-0.4, -0.2) is 16.1 Å². The molecule has 0 radical (unpaired) electrons. The maximum atomic E-state index is 13.1. The first-order chi connectivity index (χ1) is 9.06. The molecule has 4 nitrogen and oxygen atoms in total. The van der Waals surface area contributed by atoms with Crippen molar-refractivity contribution >= 4 is 33.2 Å². The van der Waals surface area contributed by atoms with E-state index in [-0.39, 0.29) is 10.8 Å².